The summed E-state index contributed by atoms with van der Waals surface area (Å²) in [5, 5.41) is 13.7. The lowest BCUT2D eigenvalue weighted by atomic mass is 10.2. The highest BCUT2D eigenvalue weighted by Crippen LogP contribution is 1.99. The zero-order chi connectivity index (χ0) is 15.4. The van der Waals surface area contributed by atoms with Crippen LogP contribution in [0.4, 0.5) is 4.79 Å². The molecule has 0 atom stereocenters. The van der Waals surface area contributed by atoms with E-state index in [9.17, 15) is 14.4 Å². The Hall–Kier alpha value is -1.79. The molecule has 0 spiro atoms. The van der Waals surface area contributed by atoms with Crippen LogP contribution >= 0.6 is 0 Å². The van der Waals surface area contributed by atoms with Gasteiger partial charge in [0.2, 0.25) is 5.91 Å². The Morgan fingerprint density at radius 3 is 2.40 bits per heavy atom. The number of carbonyl (C=O) groups excluding carboxylic acids is 2. The number of rotatable bonds is 10. The minimum Gasteiger partial charge on any atom is -0.481 e. The maximum absolute atomic E-state index is 11.9. The molecule has 0 aromatic rings. The lowest BCUT2D eigenvalue weighted by Crippen LogP contribution is -2.45. The first-order chi connectivity index (χ1) is 9.51. The molecule has 0 aromatic carbocycles. The van der Waals surface area contributed by atoms with Crippen LogP contribution in [0.1, 0.15) is 39.0 Å². The maximum atomic E-state index is 11.9. The molecule has 116 valence electrons. The molecule has 0 aliphatic rings. The fraction of sp³-hybridized carbons (Fsp3) is 0.769. The average molecular weight is 287 g/mol. The van der Waals surface area contributed by atoms with Crippen molar-refractivity contribution in [3.05, 3.63) is 0 Å². The van der Waals surface area contributed by atoms with Crippen molar-refractivity contribution >= 4 is 17.9 Å². The lowest BCUT2D eigenvalue weighted by Gasteiger charge is -2.21. The summed E-state index contributed by atoms with van der Waals surface area (Å²) in [4.78, 5) is 34.9. The number of hydrogen-bond acceptors (Lipinski definition) is 3. The van der Waals surface area contributed by atoms with Gasteiger partial charge >= 0.3 is 12.0 Å². The number of likely N-dealkylation sites (N-methyl/N-ethyl adjacent to an activating group) is 1. The second-order valence-electron chi connectivity index (χ2n) is 4.53. The summed E-state index contributed by atoms with van der Waals surface area (Å²) in [7, 11) is 1.53. The molecular formula is C13H25N3O4. The first-order valence-corrected chi connectivity index (χ1v) is 6.96. The number of unbranched alkanes of at least 4 members (excludes halogenated alkanes) is 2. The van der Waals surface area contributed by atoms with E-state index < -0.39 is 5.97 Å². The van der Waals surface area contributed by atoms with E-state index in [-0.39, 0.29) is 24.9 Å². The van der Waals surface area contributed by atoms with E-state index in [0.717, 1.165) is 19.3 Å². The van der Waals surface area contributed by atoms with Crippen molar-refractivity contribution in [2.24, 2.45) is 0 Å². The quantitative estimate of drug-likeness (QED) is 0.517. The SMILES string of the molecule is CCCN(CC(=O)NC)C(=O)NCCCCCC(=O)O. The van der Waals surface area contributed by atoms with Gasteiger partial charge in [-0.3, -0.25) is 9.59 Å². The third-order valence-corrected chi connectivity index (χ3v) is 2.74. The molecule has 0 aromatic heterocycles. The van der Waals surface area contributed by atoms with Gasteiger partial charge in [0, 0.05) is 26.6 Å². The minimum absolute atomic E-state index is 0.0508. The average Bonchev–Trinajstić information content (AvgIpc) is 2.41. The minimum atomic E-state index is -0.797. The van der Waals surface area contributed by atoms with E-state index in [1.54, 1.807) is 0 Å². The molecule has 20 heavy (non-hydrogen) atoms. The fourth-order valence-electron chi connectivity index (χ4n) is 1.66. The molecule has 0 rings (SSSR count). The third kappa shape index (κ3) is 9.18. The molecule has 0 unspecified atom stereocenters. The number of carbonyl (C=O) groups is 3. The van der Waals surface area contributed by atoms with Gasteiger partial charge in [0.05, 0.1) is 0 Å². The van der Waals surface area contributed by atoms with Crippen LogP contribution < -0.4 is 10.6 Å². The number of hydrogen-bond donors (Lipinski definition) is 3. The Labute approximate surface area is 119 Å². The van der Waals surface area contributed by atoms with Crippen molar-refractivity contribution in [1.29, 1.82) is 0 Å². The topological polar surface area (TPSA) is 98.7 Å². The largest absolute Gasteiger partial charge is 0.481 e. The number of amides is 3. The van der Waals surface area contributed by atoms with Gasteiger partial charge in [0.1, 0.15) is 6.54 Å². The summed E-state index contributed by atoms with van der Waals surface area (Å²) in [6.07, 6.45) is 3.05. The molecule has 7 nitrogen and oxygen atoms in total. The smallest absolute Gasteiger partial charge is 0.317 e. The monoisotopic (exact) mass is 287 g/mol. The molecule has 0 heterocycles. The number of nitrogens with one attached hydrogen (secondary N) is 2. The molecule has 0 fully saturated rings. The van der Waals surface area contributed by atoms with Crippen LogP contribution in [-0.4, -0.2) is 54.6 Å². The van der Waals surface area contributed by atoms with Crippen molar-refractivity contribution < 1.29 is 19.5 Å². The molecule has 3 amide bonds. The molecule has 3 N–H and O–H groups in total. The summed E-state index contributed by atoms with van der Waals surface area (Å²) in [6, 6.07) is -0.256. The van der Waals surface area contributed by atoms with Gasteiger partial charge in [0.15, 0.2) is 0 Å². The van der Waals surface area contributed by atoms with E-state index in [1.807, 2.05) is 6.92 Å². The highest BCUT2D eigenvalue weighted by molar-refractivity contribution is 5.83. The van der Waals surface area contributed by atoms with Gasteiger partial charge in [-0.15, -0.1) is 0 Å². The van der Waals surface area contributed by atoms with E-state index in [1.165, 1.54) is 11.9 Å². The van der Waals surface area contributed by atoms with Crippen LogP contribution in [0.15, 0.2) is 0 Å². The van der Waals surface area contributed by atoms with Crippen molar-refractivity contribution in [2.45, 2.75) is 39.0 Å². The normalized spacial score (nSPS) is 9.90. The molecule has 0 aliphatic carbocycles. The number of nitrogens with zero attached hydrogens (tertiary/aromatic N) is 1. The van der Waals surface area contributed by atoms with Crippen LogP contribution in [0.5, 0.6) is 0 Å². The number of carboxylic acid groups (broad SMARTS) is 1. The lowest BCUT2D eigenvalue weighted by molar-refractivity contribution is -0.137. The van der Waals surface area contributed by atoms with Crippen LogP contribution in [0.2, 0.25) is 0 Å². The van der Waals surface area contributed by atoms with E-state index in [0.29, 0.717) is 19.5 Å². The standard InChI is InChI=1S/C13H25N3O4/c1-3-9-16(10-11(17)14-2)13(20)15-8-6-4-5-7-12(18)19/h3-10H2,1-2H3,(H,14,17)(H,15,20)(H,18,19). The highest BCUT2D eigenvalue weighted by Gasteiger charge is 2.14. The molecule has 0 saturated heterocycles. The summed E-state index contributed by atoms with van der Waals surface area (Å²) in [5.41, 5.74) is 0. The second kappa shape index (κ2) is 11.1. The Balaban J connectivity index is 3.89. The van der Waals surface area contributed by atoms with Gasteiger partial charge in [-0.1, -0.05) is 13.3 Å². The summed E-state index contributed by atoms with van der Waals surface area (Å²) in [5.74, 6) is -0.996. The molecule has 0 aliphatic heterocycles. The van der Waals surface area contributed by atoms with Crippen LogP contribution in [0, 0.1) is 0 Å². The van der Waals surface area contributed by atoms with Crippen molar-refractivity contribution in [2.75, 3.05) is 26.7 Å². The van der Waals surface area contributed by atoms with Crippen LogP contribution in [-0.2, 0) is 9.59 Å². The van der Waals surface area contributed by atoms with Gasteiger partial charge in [-0.2, -0.15) is 0 Å². The predicted octanol–water partition coefficient (Wildman–Crippen LogP) is 0.799. The summed E-state index contributed by atoms with van der Waals surface area (Å²) >= 11 is 0. The third-order valence-electron chi connectivity index (χ3n) is 2.74. The predicted molar refractivity (Wildman–Crippen MR) is 75.4 cm³/mol. The van der Waals surface area contributed by atoms with E-state index in [2.05, 4.69) is 10.6 Å². The molecule has 0 saturated carbocycles. The van der Waals surface area contributed by atoms with Crippen LogP contribution in [0.25, 0.3) is 0 Å². The first-order valence-electron chi connectivity index (χ1n) is 6.96. The Bertz CT molecular complexity index is 321. The van der Waals surface area contributed by atoms with Crippen molar-refractivity contribution in [3.63, 3.8) is 0 Å². The molecular weight excluding hydrogens is 262 g/mol. The second-order valence-corrected chi connectivity index (χ2v) is 4.53. The Morgan fingerprint density at radius 1 is 1.15 bits per heavy atom. The first kappa shape index (κ1) is 18.2. The zero-order valence-corrected chi connectivity index (χ0v) is 12.3. The molecule has 7 heteroatoms. The number of urea groups is 1. The molecule has 0 radical (unpaired) electrons. The fourth-order valence-corrected chi connectivity index (χ4v) is 1.66. The van der Waals surface area contributed by atoms with E-state index >= 15 is 0 Å². The number of aliphatic carboxylic acids is 1. The summed E-state index contributed by atoms with van der Waals surface area (Å²) < 4.78 is 0. The zero-order valence-electron chi connectivity index (χ0n) is 12.3. The van der Waals surface area contributed by atoms with Crippen molar-refractivity contribution in [3.8, 4) is 0 Å². The van der Waals surface area contributed by atoms with Crippen molar-refractivity contribution in [1.82, 2.24) is 15.5 Å². The maximum Gasteiger partial charge on any atom is 0.317 e. The van der Waals surface area contributed by atoms with Gasteiger partial charge < -0.3 is 20.6 Å². The Kier molecular flexibility index (Phi) is 10.1. The van der Waals surface area contributed by atoms with Crippen LogP contribution in [0.3, 0.4) is 0 Å². The van der Waals surface area contributed by atoms with Gasteiger partial charge in [-0.25, -0.2) is 4.79 Å². The van der Waals surface area contributed by atoms with E-state index in [4.69, 9.17) is 5.11 Å². The Morgan fingerprint density at radius 2 is 1.85 bits per heavy atom. The van der Waals surface area contributed by atoms with Gasteiger partial charge in [0.25, 0.3) is 0 Å². The highest BCUT2D eigenvalue weighted by atomic mass is 16.4. The van der Waals surface area contributed by atoms with Gasteiger partial charge in [-0.05, 0) is 19.3 Å². The number of carboxylic acids is 1. The molecule has 0 bridgehead atoms. The summed E-state index contributed by atoms with van der Waals surface area (Å²) in [6.45, 7) is 3.01.